The molecule has 0 saturated heterocycles. The number of nitro benzene ring substituents is 1. The third kappa shape index (κ3) is 3.89. The molecule has 1 aliphatic heterocycles. The van der Waals surface area contributed by atoms with Gasteiger partial charge in [0.2, 0.25) is 6.79 Å². The van der Waals surface area contributed by atoms with E-state index in [2.05, 4.69) is 10.4 Å². The van der Waals surface area contributed by atoms with Crippen LogP contribution < -0.4 is 14.8 Å². The second-order valence-corrected chi connectivity index (χ2v) is 7.48. The number of nitrogens with one attached hydrogen (secondary N) is 1. The SMILES string of the molecule is Cn1cccc1-c1cc(C(=O)NCc2ccc3c(c2)OCO3)n(-c2cccc([N+](=O)[O-])c2)n1. The number of carbonyl (C=O) groups is 1. The van der Waals surface area contributed by atoms with Gasteiger partial charge in [-0.25, -0.2) is 4.68 Å². The van der Waals surface area contributed by atoms with Gasteiger partial charge in [0.15, 0.2) is 11.5 Å². The lowest BCUT2D eigenvalue weighted by atomic mass is 10.2. The Bertz CT molecular complexity index is 1370. The smallest absolute Gasteiger partial charge is 0.271 e. The van der Waals surface area contributed by atoms with Gasteiger partial charge < -0.3 is 19.4 Å². The minimum atomic E-state index is -0.482. The number of carbonyl (C=O) groups excluding carboxylic acids is 1. The van der Waals surface area contributed by atoms with Crippen molar-refractivity contribution in [3.05, 3.63) is 88.2 Å². The maximum absolute atomic E-state index is 13.2. The van der Waals surface area contributed by atoms with Gasteiger partial charge in [0, 0.05) is 31.9 Å². The van der Waals surface area contributed by atoms with E-state index in [0.29, 0.717) is 22.9 Å². The average Bonchev–Trinajstić information content (AvgIpc) is 3.56. The van der Waals surface area contributed by atoms with Gasteiger partial charge in [-0.15, -0.1) is 0 Å². The maximum atomic E-state index is 13.2. The highest BCUT2D eigenvalue weighted by Gasteiger charge is 2.20. The van der Waals surface area contributed by atoms with E-state index >= 15 is 0 Å². The van der Waals surface area contributed by atoms with Crippen LogP contribution in [-0.2, 0) is 13.6 Å². The van der Waals surface area contributed by atoms with E-state index in [9.17, 15) is 14.9 Å². The molecule has 10 nitrogen and oxygen atoms in total. The molecule has 0 radical (unpaired) electrons. The zero-order chi connectivity index (χ0) is 22.9. The van der Waals surface area contributed by atoms with Gasteiger partial charge >= 0.3 is 0 Å². The Labute approximate surface area is 188 Å². The summed E-state index contributed by atoms with van der Waals surface area (Å²) in [4.78, 5) is 23.9. The number of benzene rings is 2. The second-order valence-electron chi connectivity index (χ2n) is 7.48. The Morgan fingerprint density at radius 1 is 1.12 bits per heavy atom. The molecule has 33 heavy (non-hydrogen) atoms. The van der Waals surface area contributed by atoms with Gasteiger partial charge in [-0.05, 0) is 42.0 Å². The van der Waals surface area contributed by atoms with Crippen molar-refractivity contribution in [2.75, 3.05) is 6.79 Å². The highest BCUT2D eigenvalue weighted by Crippen LogP contribution is 2.32. The summed E-state index contributed by atoms with van der Waals surface area (Å²) in [5.41, 5.74) is 2.81. The molecule has 0 aliphatic carbocycles. The number of nitrogens with zero attached hydrogens (tertiary/aromatic N) is 4. The van der Waals surface area contributed by atoms with Crippen LogP contribution in [0, 0.1) is 10.1 Å². The standard InChI is InChI=1S/C23H19N5O5/c1-26-9-3-6-19(26)18-12-20(27(25-18)16-4-2-5-17(11-16)28(30)31)23(29)24-13-15-7-8-21-22(10-15)33-14-32-21/h2-12H,13-14H2,1H3,(H,24,29). The van der Waals surface area contributed by atoms with Crippen LogP contribution in [0.25, 0.3) is 17.1 Å². The molecule has 0 saturated carbocycles. The molecule has 0 unspecified atom stereocenters. The molecule has 5 rings (SSSR count). The molecule has 0 bridgehead atoms. The van der Waals surface area contributed by atoms with Crippen molar-refractivity contribution >= 4 is 11.6 Å². The van der Waals surface area contributed by atoms with Crippen molar-refractivity contribution < 1.29 is 19.2 Å². The van der Waals surface area contributed by atoms with Crippen LogP contribution in [-0.4, -0.2) is 32.0 Å². The van der Waals surface area contributed by atoms with Crippen LogP contribution in [0.3, 0.4) is 0 Å². The molecule has 4 aromatic rings. The number of rotatable bonds is 6. The highest BCUT2D eigenvalue weighted by atomic mass is 16.7. The Morgan fingerprint density at radius 2 is 1.97 bits per heavy atom. The molecular weight excluding hydrogens is 426 g/mol. The maximum Gasteiger partial charge on any atom is 0.271 e. The van der Waals surface area contributed by atoms with Crippen molar-refractivity contribution in [1.29, 1.82) is 0 Å². The van der Waals surface area contributed by atoms with Crippen LogP contribution in [0.5, 0.6) is 11.5 Å². The molecule has 1 N–H and O–H groups in total. The van der Waals surface area contributed by atoms with Crippen molar-refractivity contribution in [2.45, 2.75) is 6.54 Å². The van der Waals surface area contributed by atoms with Crippen molar-refractivity contribution in [1.82, 2.24) is 19.7 Å². The lowest BCUT2D eigenvalue weighted by Gasteiger charge is -2.09. The summed E-state index contributed by atoms with van der Waals surface area (Å²) in [6, 6.07) is 16.9. The van der Waals surface area contributed by atoms with Gasteiger partial charge in [0.1, 0.15) is 11.4 Å². The number of non-ortho nitro benzene ring substituents is 1. The lowest BCUT2D eigenvalue weighted by Crippen LogP contribution is -2.25. The van der Waals surface area contributed by atoms with E-state index in [-0.39, 0.29) is 30.6 Å². The Morgan fingerprint density at radius 3 is 2.76 bits per heavy atom. The third-order valence-corrected chi connectivity index (χ3v) is 5.32. The minimum Gasteiger partial charge on any atom is -0.454 e. The molecule has 166 valence electrons. The van der Waals surface area contributed by atoms with Crippen LogP contribution in [0.2, 0.25) is 0 Å². The zero-order valence-electron chi connectivity index (χ0n) is 17.6. The topological polar surface area (TPSA) is 113 Å². The van der Waals surface area contributed by atoms with E-state index in [1.54, 1.807) is 24.3 Å². The van der Waals surface area contributed by atoms with Crippen LogP contribution in [0.15, 0.2) is 66.9 Å². The van der Waals surface area contributed by atoms with Gasteiger partial charge in [0.05, 0.1) is 16.3 Å². The summed E-state index contributed by atoms with van der Waals surface area (Å²) in [7, 11) is 1.88. The minimum absolute atomic E-state index is 0.0878. The molecular formula is C23H19N5O5. The predicted molar refractivity (Wildman–Crippen MR) is 118 cm³/mol. The fourth-order valence-electron chi connectivity index (χ4n) is 3.65. The average molecular weight is 445 g/mol. The molecule has 2 aromatic carbocycles. The second kappa shape index (κ2) is 8.15. The summed E-state index contributed by atoms with van der Waals surface area (Å²) >= 11 is 0. The van der Waals surface area contributed by atoms with Gasteiger partial charge in [-0.3, -0.25) is 14.9 Å². The van der Waals surface area contributed by atoms with E-state index in [4.69, 9.17) is 9.47 Å². The molecule has 0 fully saturated rings. The van der Waals surface area contributed by atoms with Crippen LogP contribution in [0.4, 0.5) is 5.69 Å². The normalized spacial score (nSPS) is 12.0. The van der Waals surface area contributed by atoms with Crippen LogP contribution >= 0.6 is 0 Å². The summed E-state index contributed by atoms with van der Waals surface area (Å²) in [5.74, 6) is 0.933. The highest BCUT2D eigenvalue weighted by molar-refractivity contribution is 5.94. The zero-order valence-corrected chi connectivity index (χ0v) is 17.6. The monoisotopic (exact) mass is 445 g/mol. The van der Waals surface area contributed by atoms with Gasteiger partial charge in [-0.2, -0.15) is 5.10 Å². The van der Waals surface area contributed by atoms with Crippen molar-refractivity contribution in [3.63, 3.8) is 0 Å². The number of nitro groups is 1. The fraction of sp³-hybridized carbons (Fsp3) is 0.130. The number of fused-ring (bicyclic) bond motifs is 1. The molecule has 3 heterocycles. The molecule has 1 aliphatic rings. The summed E-state index contributed by atoms with van der Waals surface area (Å²) in [6.45, 7) is 0.435. The quantitative estimate of drug-likeness (QED) is 0.359. The van der Waals surface area contributed by atoms with Crippen molar-refractivity contribution in [2.24, 2.45) is 7.05 Å². The Balaban J connectivity index is 1.48. The summed E-state index contributed by atoms with van der Waals surface area (Å²) < 4.78 is 14.0. The first-order valence-electron chi connectivity index (χ1n) is 10.1. The Hall–Kier alpha value is -4.60. The molecule has 0 atom stereocenters. The summed E-state index contributed by atoms with van der Waals surface area (Å²) in [6.07, 6.45) is 1.88. The van der Waals surface area contributed by atoms with Crippen molar-refractivity contribution in [3.8, 4) is 28.6 Å². The molecule has 0 spiro atoms. The summed E-state index contributed by atoms with van der Waals surface area (Å²) in [5, 5.41) is 18.7. The first-order chi connectivity index (χ1) is 16.0. The number of hydrogen-bond acceptors (Lipinski definition) is 6. The molecule has 1 amide bonds. The predicted octanol–water partition coefficient (Wildman–Crippen LogP) is 3.44. The number of amides is 1. The van der Waals surface area contributed by atoms with E-state index < -0.39 is 4.92 Å². The van der Waals surface area contributed by atoms with Crippen LogP contribution in [0.1, 0.15) is 16.1 Å². The van der Waals surface area contributed by atoms with Gasteiger partial charge in [0.25, 0.3) is 11.6 Å². The lowest BCUT2D eigenvalue weighted by molar-refractivity contribution is -0.384. The number of aromatic nitrogens is 3. The van der Waals surface area contributed by atoms with E-state index in [1.165, 1.54) is 16.8 Å². The number of aryl methyl sites for hydroxylation is 1. The molecule has 10 heteroatoms. The molecule has 2 aromatic heterocycles. The largest absolute Gasteiger partial charge is 0.454 e. The third-order valence-electron chi connectivity index (χ3n) is 5.32. The number of ether oxygens (including phenoxy) is 2. The van der Waals surface area contributed by atoms with E-state index in [1.807, 2.05) is 42.1 Å². The fourth-order valence-corrected chi connectivity index (χ4v) is 3.65. The van der Waals surface area contributed by atoms with Gasteiger partial charge in [-0.1, -0.05) is 12.1 Å². The number of hydrogen-bond donors (Lipinski definition) is 1. The first-order valence-corrected chi connectivity index (χ1v) is 10.1. The van der Waals surface area contributed by atoms with E-state index in [0.717, 1.165) is 11.3 Å². The Kier molecular flexibility index (Phi) is 5.02. The first kappa shape index (κ1) is 20.3.